The Morgan fingerprint density at radius 2 is 2.19 bits per heavy atom. The van der Waals surface area contributed by atoms with E-state index in [-0.39, 0.29) is 23.1 Å². The Kier molecular flexibility index (Phi) is 4.84. The van der Waals surface area contributed by atoms with Crippen LogP contribution in [-0.4, -0.2) is 37.5 Å². The number of primary amides is 1. The van der Waals surface area contributed by atoms with Gasteiger partial charge in [0.15, 0.2) is 5.78 Å². The first kappa shape index (κ1) is 15.8. The molecule has 0 spiro atoms. The minimum absolute atomic E-state index is 0.148. The molecular weight excluding hydrogens is 290 g/mol. The third-order valence-electron chi connectivity index (χ3n) is 3.61. The van der Waals surface area contributed by atoms with E-state index in [1.165, 1.54) is 18.3 Å². The fourth-order valence-corrected chi connectivity index (χ4v) is 3.74. The Bertz CT molecular complexity index is 550. The van der Waals surface area contributed by atoms with Crippen molar-refractivity contribution in [2.75, 3.05) is 30.3 Å². The van der Waals surface area contributed by atoms with Crippen molar-refractivity contribution < 1.29 is 14.3 Å². The van der Waals surface area contributed by atoms with E-state index in [0.29, 0.717) is 23.0 Å². The summed E-state index contributed by atoms with van der Waals surface area (Å²) >= 11 is 1.23. The van der Waals surface area contributed by atoms with Crippen molar-refractivity contribution in [3.05, 3.63) is 10.4 Å². The minimum Gasteiger partial charge on any atom is -0.397 e. The van der Waals surface area contributed by atoms with Gasteiger partial charge < -0.3 is 21.1 Å². The molecule has 4 N–H and O–H groups in total. The lowest BCUT2D eigenvalue weighted by Crippen LogP contribution is -2.33. The van der Waals surface area contributed by atoms with Crippen molar-refractivity contribution in [3.8, 4) is 0 Å². The van der Waals surface area contributed by atoms with Gasteiger partial charge in [-0.3, -0.25) is 9.59 Å². The summed E-state index contributed by atoms with van der Waals surface area (Å²) < 4.78 is 5.64. The lowest BCUT2D eigenvalue weighted by molar-refractivity contribution is 0.0999. The fourth-order valence-electron chi connectivity index (χ4n) is 2.54. The molecule has 1 saturated heterocycles. The van der Waals surface area contributed by atoms with Crippen LogP contribution in [0.5, 0.6) is 0 Å². The quantitative estimate of drug-likeness (QED) is 0.778. The predicted molar refractivity (Wildman–Crippen MR) is 84.1 cm³/mol. The van der Waals surface area contributed by atoms with Gasteiger partial charge in [-0.05, 0) is 19.8 Å². The number of thiophene rings is 1. The zero-order chi connectivity index (χ0) is 15.6. The molecule has 7 heteroatoms. The number of carbonyl (C=O) groups excluding carboxylic acids is 2. The van der Waals surface area contributed by atoms with E-state index in [4.69, 9.17) is 16.2 Å². The van der Waals surface area contributed by atoms with Crippen LogP contribution in [0.15, 0.2) is 0 Å². The zero-order valence-electron chi connectivity index (χ0n) is 12.3. The molecule has 0 aromatic carbocycles. The van der Waals surface area contributed by atoms with E-state index < -0.39 is 5.91 Å². The third kappa shape index (κ3) is 3.19. The lowest BCUT2D eigenvalue weighted by atomic mass is 10.1. The maximum atomic E-state index is 11.7. The largest absolute Gasteiger partial charge is 0.397 e. The van der Waals surface area contributed by atoms with E-state index in [0.717, 1.165) is 19.4 Å². The Morgan fingerprint density at radius 1 is 1.48 bits per heavy atom. The summed E-state index contributed by atoms with van der Waals surface area (Å²) in [6, 6.07) is 0. The summed E-state index contributed by atoms with van der Waals surface area (Å²) in [5.41, 5.74) is 11.8. The molecule has 1 amide bonds. The smallest absolute Gasteiger partial charge is 0.253 e. The summed E-state index contributed by atoms with van der Waals surface area (Å²) in [5, 5.41) is 0.670. The number of nitrogens with two attached hydrogens (primary N) is 2. The predicted octanol–water partition coefficient (Wildman–Crippen LogP) is 1.64. The van der Waals surface area contributed by atoms with Gasteiger partial charge in [-0.1, -0.05) is 0 Å². The van der Waals surface area contributed by atoms with Crippen LogP contribution in [0.4, 0.5) is 10.7 Å². The molecule has 0 saturated carbocycles. The Balaban J connectivity index is 2.36. The summed E-state index contributed by atoms with van der Waals surface area (Å²) in [4.78, 5) is 25.8. The molecule has 6 nitrogen and oxygen atoms in total. The normalized spacial score (nSPS) is 17.9. The molecule has 2 rings (SSSR count). The summed E-state index contributed by atoms with van der Waals surface area (Å²) in [7, 11) is 0. The minimum atomic E-state index is -0.600. The molecule has 0 bridgehead atoms. The molecule has 0 aliphatic carbocycles. The molecule has 1 atom stereocenters. The average Bonchev–Trinajstić information content (AvgIpc) is 3.02. The second kappa shape index (κ2) is 6.44. The van der Waals surface area contributed by atoms with Gasteiger partial charge in [0.2, 0.25) is 0 Å². The average molecular weight is 311 g/mol. The van der Waals surface area contributed by atoms with Crippen molar-refractivity contribution in [1.82, 2.24) is 0 Å². The van der Waals surface area contributed by atoms with Crippen molar-refractivity contribution in [2.24, 2.45) is 5.73 Å². The lowest BCUT2D eigenvalue weighted by Gasteiger charge is -2.25. The van der Waals surface area contributed by atoms with Crippen LogP contribution in [-0.2, 0) is 4.74 Å². The van der Waals surface area contributed by atoms with Crippen molar-refractivity contribution in [3.63, 3.8) is 0 Å². The van der Waals surface area contributed by atoms with Crippen molar-refractivity contribution in [1.29, 1.82) is 0 Å². The monoisotopic (exact) mass is 311 g/mol. The number of hydrogen-bond donors (Lipinski definition) is 2. The van der Waals surface area contributed by atoms with Crippen LogP contribution >= 0.6 is 11.3 Å². The maximum absolute atomic E-state index is 11.7. The van der Waals surface area contributed by atoms with Crippen LogP contribution in [0, 0.1) is 0 Å². The van der Waals surface area contributed by atoms with Gasteiger partial charge in [0, 0.05) is 26.6 Å². The molecule has 1 aromatic heterocycles. The highest BCUT2D eigenvalue weighted by molar-refractivity contribution is 7.19. The van der Waals surface area contributed by atoms with Gasteiger partial charge in [-0.15, -0.1) is 11.3 Å². The van der Waals surface area contributed by atoms with Crippen molar-refractivity contribution >= 4 is 33.7 Å². The maximum Gasteiger partial charge on any atom is 0.253 e. The summed E-state index contributed by atoms with van der Waals surface area (Å²) in [6.45, 7) is 5.57. The van der Waals surface area contributed by atoms with Crippen LogP contribution in [0.25, 0.3) is 0 Å². The standard InChI is InChI=1S/C14H21N3O3S/c1-3-17(7-9-5-4-6-20-9)14-10(13(16)19)11(15)12(21-14)8(2)18/h9H,3-7,15H2,1-2H3,(H2,16,19). The van der Waals surface area contributed by atoms with Crippen LogP contribution in [0.1, 0.15) is 46.7 Å². The SMILES string of the molecule is CCN(CC1CCCO1)c1sc(C(C)=O)c(N)c1C(N)=O. The fraction of sp³-hybridized carbons (Fsp3) is 0.571. The highest BCUT2D eigenvalue weighted by Crippen LogP contribution is 2.38. The van der Waals surface area contributed by atoms with Gasteiger partial charge in [0.05, 0.1) is 22.2 Å². The molecule has 21 heavy (non-hydrogen) atoms. The van der Waals surface area contributed by atoms with Gasteiger partial charge in [0.25, 0.3) is 5.91 Å². The van der Waals surface area contributed by atoms with E-state index in [2.05, 4.69) is 0 Å². The summed E-state index contributed by atoms with van der Waals surface area (Å²) in [6.07, 6.45) is 2.20. The van der Waals surface area contributed by atoms with Crippen LogP contribution < -0.4 is 16.4 Å². The third-order valence-corrected chi connectivity index (χ3v) is 4.98. The second-order valence-corrected chi connectivity index (χ2v) is 6.12. The van der Waals surface area contributed by atoms with E-state index in [1.54, 1.807) is 0 Å². The van der Waals surface area contributed by atoms with Gasteiger partial charge >= 0.3 is 0 Å². The number of rotatable bonds is 6. The molecule has 0 radical (unpaired) electrons. The van der Waals surface area contributed by atoms with Gasteiger partial charge in [-0.25, -0.2) is 0 Å². The topological polar surface area (TPSA) is 98.7 Å². The second-order valence-electron chi connectivity index (χ2n) is 5.12. The molecule has 1 aliphatic rings. The highest BCUT2D eigenvalue weighted by Gasteiger charge is 2.27. The van der Waals surface area contributed by atoms with Crippen LogP contribution in [0.3, 0.4) is 0 Å². The highest BCUT2D eigenvalue weighted by atomic mass is 32.1. The first-order chi connectivity index (χ1) is 9.95. The molecule has 2 heterocycles. The molecule has 1 unspecified atom stereocenters. The number of ether oxygens (including phenoxy) is 1. The molecule has 1 aliphatic heterocycles. The Morgan fingerprint density at radius 3 is 2.67 bits per heavy atom. The first-order valence-electron chi connectivity index (χ1n) is 7.05. The van der Waals surface area contributed by atoms with E-state index in [9.17, 15) is 9.59 Å². The number of nitrogen functional groups attached to an aromatic ring is 1. The van der Waals surface area contributed by atoms with E-state index in [1.807, 2.05) is 11.8 Å². The molecular formula is C14H21N3O3S. The molecule has 1 fully saturated rings. The van der Waals surface area contributed by atoms with Gasteiger partial charge in [0.1, 0.15) is 5.00 Å². The number of hydrogen-bond acceptors (Lipinski definition) is 6. The number of nitrogens with zero attached hydrogens (tertiary/aromatic N) is 1. The number of Topliss-reactive ketones (excluding diaryl/α,β-unsaturated/α-hetero) is 1. The molecule has 116 valence electrons. The van der Waals surface area contributed by atoms with Crippen molar-refractivity contribution in [2.45, 2.75) is 32.8 Å². The van der Waals surface area contributed by atoms with Crippen LogP contribution in [0.2, 0.25) is 0 Å². The number of amides is 1. The number of anilines is 2. The van der Waals surface area contributed by atoms with Gasteiger partial charge in [-0.2, -0.15) is 0 Å². The summed E-state index contributed by atoms with van der Waals surface area (Å²) in [5.74, 6) is -0.753. The van der Waals surface area contributed by atoms with E-state index >= 15 is 0 Å². The molecule has 1 aromatic rings. The number of likely N-dealkylation sites (N-methyl/N-ethyl adjacent to an activating group) is 1. The zero-order valence-corrected chi connectivity index (χ0v) is 13.2. The number of carbonyl (C=O) groups is 2. The Hall–Kier alpha value is -1.60. The Labute approximate surface area is 128 Å². The first-order valence-corrected chi connectivity index (χ1v) is 7.86. The number of ketones is 1.